The maximum atomic E-state index is 10.8. The maximum absolute atomic E-state index is 10.8. The van der Waals surface area contributed by atoms with Crippen LogP contribution in [0.3, 0.4) is 0 Å². The van der Waals surface area contributed by atoms with Gasteiger partial charge in [-0.15, -0.1) is 0 Å². The fraction of sp³-hybridized carbons (Fsp3) is 0.273. The number of carboxylic acid groups (broad SMARTS) is 1. The van der Waals surface area contributed by atoms with Crippen molar-refractivity contribution in [3.63, 3.8) is 0 Å². The molecule has 0 unspecified atom stereocenters. The van der Waals surface area contributed by atoms with Gasteiger partial charge in [0.05, 0.1) is 0 Å². The first-order valence-corrected chi connectivity index (χ1v) is 5.11. The summed E-state index contributed by atoms with van der Waals surface area (Å²) in [5, 5.41) is 8.15. The molecule has 86 valence electrons. The zero-order chi connectivity index (χ0) is 12.1. The maximum Gasteiger partial charge on any atom is 0.407 e. The molecule has 4 nitrogen and oxygen atoms in total. The van der Waals surface area contributed by atoms with Crippen LogP contribution in [0.2, 0.25) is 0 Å². The second-order valence-corrected chi connectivity index (χ2v) is 3.77. The Bertz CT molecular complexity index is 389. The average Bonchev–Trinajstić information content (AvgIpc) is 2.26. The van der Waals surface area contributed by atoms with Crippen molar-refractivity contribution >= 4 is 22.9 Å². The lowest BCUT2D eigenvalue weighted by molar-refractivity contribution is 0.108. The zero-order valence-corrected chi connectivity index (χ0v) is 9.57. The summed E-state index contributed by atoms with van der Waals surface area (Å²) in [5.41, 5.74) is 1.41. The van der Waals surface area contributed by atoms with E-state index < -0.39 is 11.3 Å². The van der Waals surface area contributed by atoms with Gasteiger partial charge in [0.1, 0.15) is 0 Å². The first-order chi connectivity index (χ1) is 7.50. The number of hydrogen-bond acceptors (Lipinski definition) is 2. The molecule has 0 radical (unpaired) electrons. The summed E-state index contributed by atoms with van der Waals surface area (Å²) in [6.45, 7) is 0.420. The average molecular weight is 242 g/mol. The Kier molecular flexibility index (Phi) is 4.31. The largest absolute Gasteiger partial charge is 0.465 e. The Morgan fingerprint density at radius 1 is 1.31 bits per heavy atom. The molecule has 1 rings (SSSR count). The molecule has 0 aromatic heterocycles. The molecule has 1 aromatic rings. The van der Waals surface area contributed by atoms with E-state index in [2.05, 4.69) is 0 Å². The number of rotatable bonds is 4. The molecule has 16 heavy (non-hydrogen) atoms. The summed E-state index contributed by atoms with van der Waals surface area (Å²) in [7, 11) is 1.51. The Morgan fingerprint density at radius 2 is 1.88 bits per heavy atom. The van der Waals surface area contributed by atoms with Crippen LogP contribution in [0.4, 0.5) is 4.79 Å². The molecule has 0 heterocycles. The Hall–Kier alpha value is -1.55. The summed E-state index contributed by atoms with van der Waals surface area (Å²) in [6, 6.07) is 6.80. The normalized spacial score (nSPS) is 9.88. The van der Waals surface area contributed by atoms with E-state index in [0.29, 0.717) is 18.5 Å². The van der Waals surface area contributed by atoms with Crippen LogP contribution in [0.15, 0.2) is 24.3 Å². The van der Waals surface area contributed by atoms with E-state index in [1.165, 1.54) is 11.9 Å². The van der Waals surface area contributed by atoms with Crippen molar-refractivity contribution < 1.29 is 14.7 Å². The first-order valence-electron chi connectivity index (χ1n) is 4.73. The summed E-state index contributed by atoms with van der Waals surface area (Å²) < 4.78 is 0. The summed E-state index contributed by atoms with van der Waals surface area (Å²) in [4.78, 5) is 22.5. The van der Waals surface area contributed by atoms with Crippen LogP contribution in [0.25, 0.3) is 0 Å². The zero-order valence-electron chi connectivity index (χ0n) is 8.81. The summed E-state index contributed by atoms with van der Waals surface area (Å²) in [6.07, 6.45) is -0.341. The number of amides is 1. The van der Waals surface area contributed by atoms with E-state index in [4.69, 9.17) is 16.7 Å². The van der Waals surface area contributed by atoms with Crippen LogP contribution >= 0.6 is 11.6 Å². The number of hydrogen-bond donors (Lipinski definition) is 1. The number of halogens is 1. The highest BCUT2D eigenvalue weighted by Crippen LogP contribution is 2.08. The fourth-order valence-electron chi connectivity index (χ4n) is 1.19. The van der Waals surface area contributed by atoms with Crippen molar-refractivity contribution in [2.45, 2.75) is 6.42 Å². The Balaban J connectivity index is 2.56. The van der Waals surface area contributed by atoms with Gasteiger partial charge in [-0.25, -0.2) is 4.79 Å². The lowest BCUT2D eigenvalue weighted by Gasteiger charge is -2.12. The lowest BCUT2D eigenvalue weighted by atomic mass is 10.1. The standard InChI is InChI=1S/C11H12ClNO3/c1-13(11(15)16)7-6-8-2-4-9(5-3-8)10(12)14/h2-5H,6-7H2,1H3,(H,15,16). The van der Waals surface area contributed by atoms with Crippen LogP contribution in [0.1, 0.15) is 15.9 Å². The molecule has 0 fully saturated rings. The van der Waals surface area contributed by atoms with Gasteiger partial charge in [0.2, 0.25) is 0 Å². The van der Waals surface area contributed by atoms with Crippen LogP contribution in [-0.4, -0.2) is 34.9 Å². The smallest absolute Gasteiger partial charge is 0.407 e. The van der Waals surface area contributed by atoms with E-state index in [9.17, 15) is 9.59 Å². The van der Waals surface area contributed by atoms with Gasteiger partial charge in [-0.3, -0.25) is 4.79 Å². The molecule has 0 saturated heterocycles. The minimum absolute atomic E-state index is 0.420. The number of likely N-dealkylation sites (N-methyl/N-ethyl adjacent to an activating group) is 1. The third kappa shape index (κ3) is 3.55. The Morgan fingerprint density at radius 3 is 2.31 bits per heavy atom. The minimum Gasteiger partial charge on any atom is -0.465 e. The molecule has 0 aliphatic rings. The highest BCUT2D eigenvalue weighted by atomic mass is 35.5. The van der Waals surface area contributed by atoms with Crippen molar-refractivity contribution in [2.75, 3.05) is 13.6 Å². The van der Waals surface area contributed by atoms with Crippen molar-refractivity contribution in [1.82, 2.24) is 4.90 Å². The summed E-state index contributed by atoms with van der Waals surface area (Å²) in [5.74, 6) is 0. The quantitative estimate of drug-likeness (QED) is 0.823. The minimum atomic E-state index is -0.951. The van der Waals surface area contributed by atoms with Gasteiger partial charge in [0, 0.05) is 19.2 Å². The lowest BCUT2D eigenvalue weighted by Crippen LogP contribution is -2.26. The first kappa shape index (κ1) is 12.5. The van der Waals surface area contributed by atoms with Crippen molar-refractivity contribution in [3.05, 3.63) is 35.4 Å². The van der Waals surface area contributed by atoms with Crippen LogP contribution in [-0.2, 0) is 6.42 Å². The van der Waals surface area contributed by atoms with Gasteiger partial charge in [-0.05, 0) is 35.7 Å². The van der Waals surface area contributed by atoms with E-state index >= 15 is 0 Å². The fourth-order valence-corrected chi connectivity index (χ4v) is 1.32. The predicted octanol–water partition coefficient (Wildman–Crippen LogP) is 2.22. The molecule has 0 bridgehead atoms. The number of carbonyl (C=O) groups is 2. The molecular weight excluding hydrogens is 230 g/mol. The van der Waals surface area contributed by atoms with Crippen LogP contribution in [0.5, 0.6) is 0 Å². The number of nitrogens with zero attached hydrogens (tertiary/aromatic N) is 1. The SMILES string of the molecule is CN(CCc1ccc(C(=O)Cl)cc1)C(=O)O. The van der Waals surface area contributed by atoms with E-state index in [-0.39, 0.29) is 0 Å². The molecular formula is C11H12ClNO3. The molecule has 0 aliphatic heterocycles. The van der Waals surface area contributed by atoms with Crippen molar-refractivity contribution in [2.24, 2.45) is 0 Å². The van der Waals surface area contributed by atoms with Gasteiger partial charge in [0.15, 0.2) is 0 Å². The van der Waals surface area contributed by atoms with Crippen LogP contribution in [0, 0.1) is 0 Å². The van der Waals surface area contributed by atoms with E-state index in [1.807, 2.05) is 0 Å². The molecule has 1 amide bonds. The topological polar surface area (TPSA) is 57.6 Å². The predicted molar refractivity (Wildman–Crippen MR) is 61.0 cm³/mol. The molecule has 1 aromatic carbocycles. The molecule has 0 saturated carbocycles. The molecule has 0 spiro atoms. The second-order valence-electron chi connectivity index (χ2n) is 3.42. The summed E-state index contributed by atoms with van der Waals surface area (Å²) >= 11 is 5.30. The molecule has 1 N–H and O–H groups in total. The van der Waals surface area contributed by atoms with Gasteiger partial charge in [-0.1, -0.05) is 12.1 Å². The highest BCUT2D eigenvalue weighted by Gasteiger charge is 2.05. The number of carbonyl (C=O) groups excluding carboxylic acids is 1. The highest BCUT2D eigenvalue weighted by molar-refractivity contribution is 6.67. The van der Waals surface area contributed by atoms with E-state index in [0.717, 1.165) is 5.56 Å². The van der Waals surface area contributed by atoms with Gasteiger partial charge in [0.25, 0.3) is 5.24 Å². The molecule has 0 aliphatic carbocycles. The van der Waals surface area contributed by atoms with Crippen LogP contribution < -0.4 is 0 Å². The molecule has 5 heteroatoms. The van der Waals surface area contributed by atoms with Gasteiger partial charge < -0.3 is 10.0 Å². The third-order valence-corrected chi connectivity index (χ3v) is 2.46. The second kappa shape index (κ2) is 5.51. The van der Waals surface area contributed by atoms with Gasteiger partial charge in [-0.2, -0.15) is 0 Å². The van der Waals surface area contributed by atoms with Gasteiger partial charge >= 0.3 is 6.09 Å². The van der Waals surface area contributed by atoms with Crippen molar-refractivity contribution in [3.8, 4) is 0 Å². The third-order valence-electron chi connectivity index (χ3n) is 2.24. The molecule has 0 atom stereocenters. The van der Waals surface area contributed by atoms with E-state index in [1.54, 1.807) is 24.3 Å². The number of benzene rings is 1. The Labute approximate surface area is 98.4 Å². The monoisotopic (exact) mass is 241 g/mol. The van der Waals surface area contributed by atoms with Crippen molar-refractivity contribution in [1.29, 1.82) is 0 Å².